The summed E-state index contributed by atoms with van der Waals surface area (Å²) in [5.74, 6) is 1.30. The van der Waals surface area contributed by atoms with Gasteiger partial charge in [0.15, 0.2) is 0 Å². The summed E-state index contributed by atoms with van der Waals surface area (Å²) in [5, 5.41) is 0. The van der Waals surface area contributed by atoms with Gasteiger partial charge in [0.2, 0.25) is 6.08 Å². The molecule has 5 heteroatoms. The number of rotatable bonds is 2. The molecule has 0 bridgehead atoms. The van der Waals surface area contributed by atoms with E-state index in [0.29, 0.717) is 11.5 Å². The average Bonchev–Trinajstić information content (AvgIpc) is 2.06. The van der Waals surface area contributed by atoms with Gasteiger partial charge in [0.05, 0.1) is 0 Å². The maximum Gasteiger partial charge on any atom is 0.264 e. The molecule has 12 heavy (non-hydrogen) atoms. The molecule has 0 spiro atoms. The Morgan fingerprint density at radius 3 is 2.42 bits per heavy atom. The van der Waals surface area contributed by atoms with Crippen molar-refractivity contribution in [1.29, 1.82) is 0 Å². The van der Waals surface area contributed by atoms with E-state index < -0.39 is 12.0 Å². The van der Waals surface area contributed by atoms with E-state index in [1.807, 2.05) is 0 Å². The van der Waals surface area contributed by atoms with Gasteiger partial charge in [-0.1, -0.05) is 0 Å². The number of hydrogen-bond acceptors (Lipinski definition) is 3. The van der Waals surface area contributed by atoms with Crippen LogP contribution in [-0.2, 0) is 4.79 Å². The van der Waals surface area contributed by atoms with Crippen molar-refractivity contribution in [3.8, 4) is 0 Å². The van der Waals surface area contributed by atoms with E-state index in [1.165, 1.54) is 6.08 Å². The molecule has 2 nitrogen and oxygen atoms in total. The minimum atomic E-state index is -2.54. The van der Waals surface area contributed by atoms with Crippen molar-refractivity contribution in [3.63, 3.8) is 0 Å². The van der Waals surface area contributed by atoms with E-state index in [-0.39, 0.29) is 12.8 Å². The first kappa shape index (κ1) is 9.68. The second-order valence-corrected chi connectivity index (χ2v) is 3.94. The highest BCUT2D eigenvalue weighted by Crippen LogP contribution is 2.35. The SMILES string of the molecule is O=C=NC1(C(F)F)CCSCC1. The smallest absolute Gasteiger partial charge is 0.211 e. The Kier molecular flexibility index (Phi) is 3.23. The Bertz CT molecular complexity index is 198. The minimum Gasteiger partial charge on any atom is -0.211 e. The summed E-state index contributed by atoms with van der Waals surface area (Å²) in [6.45, 7) is 0. The van der Waals surface area contributed by atoms with Crippen LogP contribution in [0, 0.1) is 0 Å². The average molecular weight is 193 g/mol. The third kappa shape index (κ3) is 1.84. The summed E-state index contributed by atoms with van der Waals surface area (Å²) < 4.78 is 25.0. The number of aliphatic imine (C=N–C) groups is 1. The molecule has 0 saturated carbocycles. The topological polar surface area (TPSA) is 29.4 Å². The fourth-order valence-corrected chi connectivity index (χ4v) is 2.39. The summed E-state index contributed by atoms with van der Waals surface area (Å²) in [7, 11) is 0. The summed E-state index contributed by atoms with van der Waals surface area (Å²) in [6, 6.07) is 0. The zero-order valence-corrected chi connectivity index (χ0v) is 7.24. The number of carbonyl (C=O) groups excluding carboxylic acids is 1. The van der Waals surface area contributed by atoms with Crippen LogP contribution in [0.25, 0.3) is 0 Å². The lowest BCUT2D eigenvalue weighted by Gasteiger charge is -2.30. The standard InChI is InChI=1S/C7H9F2NOS/c8-6(9)7(10-5-11)1-3-12-4-2-7/h6H,1-4H2. The van der Waals surface area contributed by atoms with Gasteiger partial charge in [0.25, 0.3) is 6.43 Å². The van der Waals surface area contributed by atoms with Gasteiger partial charge in [-0.25, -0.2) is 13.6 Å². The van der Waals surface area contributed by atoms with Crippen molar-refractivity contribution in [2.45, 2.75) is 24.8 Å². The lowest BCUT2D eigenvalue weighted by molar-refractivity contribution is 0.0502. The molecular weight excluding hydrogens is 184 g/mol. The van der Waals surface area contributed by atoms with Gasteiger partial charge in [-0.2, -0.15) is 16.8 Å². The predicted molar refractivity (Wildman–Crippen MR) is 43.4 cm³/mol. The highest BCUT2D eigenvalue weighted by Gasteiger charge is 2.41. The Labute approximate surface area is 73.4 Å². The summed E-state index contributed by atoms with van der Waals surface area (Å²) in [5.41, 5.74) is -1.42. The van der Waals surface area contributed by atoms with E-state index in [2.05, 4.69) is 4.99 Å². The number of thioether (sulfide) groups is 1. The fourth-order valence-electron chi connectivity index (χ4n) is 1.19. The summed E-state index contributed by atoms with van der Waals surface area (Å²) >= 11 is 1.62. The first-order chi connectivity index (χ1) is 5.71. The second kappa shape index (κ2) is 4.01. The maximum atomic E-state index is 12.5. The van der Waals surface area contributed by atoms with E-state index in [0.717, 1.165) is 0 Å². The van der Waals surface area contributed by atoms with Crippen LogP contribution >= 0.6 is 11.8 Å². The number of isocyanates is 1. The first-order valence-corrected chi connectivity index (χ1v) is 4.82. The predicted octanol–water partition coefficient (Wildman–Crippen LogP) is 1.85. The molecule has 1 heterocycles. The van der Waals surface area contributed by atoms with Gasteiger partial charge in [-0.3, -0.25) is 0 Å². The largest absolute Gasteiger partial charge is 0.264 e. The van der Waals surface area contributed by atoms with Crippen LogP contribution < -0.4 is 0 Å². The maximum absolute atomic E-state index is 12.5. The fraction of sp³-hybridized carbons (Fsp3) is 0.857. The van der Waals surface area contributed by atoms with E-state index >= 15 is 0 Å². The van der Waals surface area contributed by atoms with Crippen LogP contribution in [0.4, 0.5) is 8.78 Å². The number of halogens is 2. The third-order valence-corrected chi connectivity index (χ3v) is 3.02. The molecule has 0 aliphatic carbocycles. The molecule has 0 N–H and O–H groups in total. The molecule has 0 unspecified atom stereocenters. The molecule has 1 fully saturated rings. The normalized spacial score (nSPS) is 21.9. The Balaban J connectivity index is 2.76. The van der Waals surface area contributed by atoms with Gasteiger partial charge in [0.1, 0.15) is 5.54 Å². The second-order valence-electron chi connectivity index (χ2n) is 2.72. The molecule has 0 aromatic rings. The Morgan fingerprint density at radius 2 is 2.00 bits per heavy atom. The lowest BCUT2D eigenvalue weighted by atomic mass is 9.94. The minimum absolute atomic E-state index is 0.282. The molecule has 68 valence electrons. The first-order valence-electron chi connectivity index (χ1n) is 3.66. The molecule has 1 saturated heterocycles. The Morgan fingerprint density at radius 1 is 1.42 bits per heavy atom. The zero-order chi connectivity index (χ0) is 9.03. The molecule has 1 rings (SSSR count). The molecule has 0 aromatic heterocycles. The molecule has 0 aromatic carbocycles. The summed E-state index contributed by atoms with van der Waals surface area (Å²) in [4.78, 5) is 13.2. The van der Waals surface area contributed by atoms with Crippen molar-refractivity contribution in [2.75, 3.05) is 11.5 Å². The van der Waals surface area contributed by atoms with Gasteiger partial charge in [0, 0.05) is 0 Å². The van der Waals surface area contributed by atoms with Gasteiger partial charge in [-0.05, 0) is 24.3 Å². The van der Waals surface area contributed by atoms with Crippen LogP contribution in [0.1, 0.15) is 12.8 Å². The molecule has 0 atom stereocenters. The number of alkyl halides is 2. The highest BCUT2D eigenvalue weighted by molar-refractivity contribution is 7.99. The van der Waals surface area contributed by atoms with Crippen molar-refractivity contribution >= 4 is 17.8 Å². The number of nitrogens with zero attached hydrogens (tertiary/aromatic N) is 1. The number of hydrogen-bond donors (Lipinski definition) is 0. The van der Waals surface area contributed by atoms with Gasteiger partial charge in [-0.15, -0.1) is 0 Å². The van der Waals surface area contributed by atoms with Crippen molar-refractivity contribution in [2.24, 2.45) is 4.99 Å². The molecule has 0 radical (unpaired) electrons. The van der Waals surface area contributed by atoms with Crippen LogP contribution in [0.15, 0.2) is 4.99 Å². The lowest BCUT2D eigenvalue weighted by Crippen LogP contribution is -2.39. The monoisotopic (exact) mass is 193 g/mol. The van der Waals surface area contributed by atoms with Crippen LogP contribution in [0.3, 0.4) is 0 Å². The van der Waals surface area contributed by atoms with Crippen LogP contribution in [-0.4, -0.2) is 29.6 Å². The van der Waals surface area contributed by atoms with E-state index in [9.17, 15) is 13.6 Å². The van der Waals surface area contributed by atoms with Crippen molar-refractivity contribution in [3.05, 3.63) is 0 Å². The molecule has 1 aliphatic heterocycles. The molecular formula is C7H9F2NOS. The summed E-state index contributed by atoms with van der Waals surface area (Å²) in [6.07, 6.45) is -0.732. The third-order valence-electron chi connectivity index (χ3n) is 2.03. The Hall–Kier alpha value is -0.410. The quantitative estimate of drug-likeness (QED) is 0.494. The van der Waals surface area contributed by atoms with Gasteiger partial charge >= 0.3 is 0 Å². The highest BCUT2D eigenvalue weighted by atomic mass is 32.2. The van der Waals surface area contributed by atoms with E-state index in [4.69, 9.17) is 0 Å². The van der Waals surface area contributed by atoms with Crippen molar-refractivity contribution < 1.29 is 13.6 Å². The van der Waals surface area contributed by atoms with Crippen molar-refractivity contribution in [1.82, 2.24) is 0 Å². The molecule has 0 amide bonds. The van der Waals surface area contributed by atoms with Gasteiger partial charge < -0.3 is 0 Å². The van der Waals surface area contributed by atoms with Crippen LogP contribution in [0.2, 0.25) is 0 Å². The molecule has 1 aliphatic rings. The van der Waals surface area contributed by atoms with Crippen LogP contribution in [0.5, 0.6) is 0 Å². The zero-order valence-electron chi connectivity index (χ0n) is 6.43. The van der Waals surface area contributed by atoms with E-state index in [1.54, 1.807) is 11.8 Å².